The van der Waals surface area contributed by atoms with E-state index in [1.54, 1.807) is 18.0 Å². The number of amides is 1. The van der Waals surface area contributed by atoms with Crippen molar-refractivity contribution in [1.29, 1.82) is 0 Å². The molecule has 0 saturated heterocycles. The molecule has 0 unspecified atom stereocenters. The first kappa shape index (κ1) is 14.8. The summed E-state index contributed by atoms with van der Waals surface area (Å²) in [6, 6.07) is 10.5. The second-order valence-electron chi connectivity index (χ2n) is 4.64. The molecule has 2 aromatic rings. The predicted molar refractivity (Wildman–Crippen MR) is 80.5 cm³/mol. The number of H-pyrrole nitrogens is 1. The Hall–Kier alpha value is -2.56. The van der Waals surface area contributed by atoms with Gasteiger partial charge in [0.25, 0.3) is 5.91 Å². The van der Waals surface area contributed by atoms with E-state index in [1.807, 2.05) is 31.2 Å². The number of para-hydroxylation sites is 1. The summed E-state index contributed by atoms with van der Waals surface area (Å²) in [6.45, 7) is 2.91. The molecule has 0 spiro atoms. The molecule has 21 heavy (non-hydrogen) atoms. The third-order valence-corrected chi connectivity index (χ3v) is 3.05. The summed E-state index contributed by atoms with van der Waals surface area (Å²) in [6.07, 6.45) is 1.47. The lowest BCUT2D eigenvalue weighted by Crippen LogP contribution is -2.27. The molecule has 5 heteroatoms. The molecule has 1 aromatic carbocycles. The molecule has 110 valence electrons. The highest BCUT2D eigenvalue weighted by Crippen LogP contribution is 2.20. The second-order valence-corrected chi connectivity index (χ2v) is 4.64. The van der Waals surface area contributed by atoms with Gasteiger partial charge in [0.05, 0.1) is 6.61 Å². The summed E-state index contributed by atoms with van der Waals surface area (Å²) < 4.78 is 5.55. The highest BCUT2D eigenvalue weighted by Gasteiger charge is 2.14. The quantitative estimate of drug-likeness (QED) is 0.915. The number of carbonyl (C=O) groups is 1. The van der Waals surface area contributed by atoms with E-state index in [0.717, 1.165) is 11.3 Å². The summed E-state index contributed by atoms with van der Waals surface area (Å²) in [5, 5.41) is 0. The van der Waals surface area contributed by atoms with Crippen LogP contribution in [0.4, 0.5) is 0 Å². The molecule has 0 radical (unpaired) electrons. The van der Waals surface area contributed by atoms with E-state index in [4.69, 9.17) is 4.74 Å². The van der Waals surface area contributed by atoms with Crippen molar-refractivity contribution in [2.45, 2.75) is 13.5 Å². The third kappa shape index (κ3) is 3.72. The molecule has 0 aliphatic carbocycles. The molecule has 0 bridgehead atoms. The van der Waals surface area contributed by atoms with Crippen LogP contribution in [0.5, 0.6) is 5.75 Å². The van der Waals surface area contributed by atoms with Crippen LogP contribution in [0.1, 0.15) is 22.8 Å². The van der Waals surface area contributed by atoms with Gasteiger partial charge in [-0.15, -0.1) is 0 Å². The van der Waals surface area contributed by atoms with E-state index in [0.29, 0.717) is 18.7 Å². The van der Waals surface area contributed by atoms with Crippen LogP contribution in [0, 0.1) is 0 Å². The molecular weight excluding hydrogens is 268 g/mol. The number of ether oxygens (including phenoxy) is 1. The van der Waals surface area contributed by atoms with Crippen LogP contribution in [-0.2, 0) is 6.54 Å². The number of aromatic amines is 1. The molecule has 0 aliphatic heterocycles. The Morgan fingerprint density at radius 3 is 2.76 bits per heavy atom. The maximum absolute atomic E-state index is 12.3. The average Bonchev–Trinajstić information content (AvgIpc) is 2.48. The molecule has 0 atom stereocenters. The minimum Gasteiger partial charge on any atom is -0.494 e. The van der Waals surface area contributed by atoms with E-state index in [9.17, 15) is 9.59 Å². The van der Waals surface area contributed by atoms with Gasteiger partial charge < -0.3 is 14.6 Å². The molecule has 1 N–H and O–H groups in total. The molecule has 1 heterocycles. The Morgan fingerprint density at radius 2 is 2.05 bits per heavy atom. The van der Waals surface area contributed by atoms with Crippen molar-refractivity contribution >= 4 is 5.91 Å². The summed E-state index contributed by atoms with van der Waals surface area (Å²) >= 11 is 0. The smallest absolute Gasteiger partial charge is 0.254 e. The lowest BCUT2D eigenvalue weighted by Gasteiger charge is -2.19. The van der Waals surface area contributed by atoms with Crippen LogP contribution in [0.2, 0.25) is 0 Å². The zero-order chi connectivity index (χ0) is 15.2. The van der Waals surface area contributed by atoms with Crippen LogP contribution in [0.25, 0.3) is 0 Å². The SMILES string of the molecule is CCOc1ccccc1CN(C)C(=O)c1cc[nH]c(=O)c1. The van der Waals surface area contributed by atoms with Crippen LogP contribution in [-0.4, -0.2) is 29.4 Å². The Morgan fingerprint density at radius 1 is 1.29 bits per heavy atom. The van der Waals surface area contributed by atoms with E-state index < -0.39 is 0 Å². The molecule has 0 saturated carbocycles. The van der Waals surface area contributed by atoms with Gasteiger partial charge in [-0.3, -0.25) is 9.59 Å². The van der Waals surface area contributed by atoms with Gasteiger partial charge in [0.2, 0.25) is 5.56 Å². The largest absolute Gasteiger partial charge is 0.494 e. The molecule has 0 aliphatic rings. The van der Waals surface area contributed by atoms with Crippen molar-refractivity contribution in [3.63, 3.8) is 0 Å². The highest BCUT2D eigenvalue weighted by molar-refractivity contribution is 5.93. The van der Waals surface area contributed by atoms with Crippen LogP contribution < -0.4 is 10.3 Å². The molecule has 1 aromatic heterocycles. The molecule has 2 rings (SSSR count). The third-order valence-electron chi connectivity index (χ3n) is 3.05. The number of carbonyl (C=O) groups excluding carboxylic acids is 1. The van der Waals surface area contributed by atoms with Gasteiger partial charge >= 0.3 is 0 Å². The van der Waals surface area contributed by atoms with Crippen LogP contribution >= 0.6 is 0 Å². The number of benzene rings is 1. The van der Waals surface area contributed by atoms with Crippen molar-refractivity contribution in [1.82, 2.24) is 9.88 Å². The molecule has 1 amide bonds. The first-order valence-electron chi connectivity index (χ1n) is 6.76. The Labute approximate surface area is 123 Å². The summed E-state index contributed by atoms with van der Waals surface area (Å²) in [4.78, 5) is 27.6. The lowest BCUT2D eigenvalue weighted by molar-refractivity contribution is 0.0783. The van der Waals surface area contributed by atoms with Gasteiger partial charge in [-0.25, -0.2) is 0 Å². The van der Waals surface area contributed by atoms with Gasteiger partial charge in [-0.05, 0) is 19.1 Å². The lowest BCUT2D eigenvalue weighted by atomic mass is 10.1. The number of nitrogens with one attached hydrogen (secondary N) is 1. The van der Waals surface area contributed by atoms with Crippen LogP contribution in [0.15, 0.2) is 47.4 Å². The van der Waals surface area contributed by atoms with Crippen molar-refractivity contribution in [2.75, 3.05) is 13.7 Å². The number of hydrogen-bond acceptors (Lipinski definition) is 3. The Bertz CT molecular complexity index is 679. The Kier molecular flexibility index (Phi) is 4.77. The fourth-order valence-electron chi connectivity index (χ4n) is 2.06. The monoisotopic (exact) mass is 286 g/mol. The van der Waals surface area contributed by atoms with E-state index >= 15 is 0 Å². The van der Waals surface area contributed by atoms with Gasteiger partial charge in [0, 0.05) is 37.0 Å². The van der Waals surface area contributed by atoms with Gasteiger partial charge in [0.1, 0.15) is 5.75 Å². The average molecular weight is 286 g/mol. The second kappa shape index (κ2) is 6.74. The van der Waals surface area contributed by atoms with Gasteiger partial charge in [-0.2, -0.15) is 0 Å². The maximum Gasteiger partial charge on any atom is 0.254 e. The summed E-state index contributed by atoms with van der Waals surface area (Å²) in [5.41, 5.74) is 1.01. The number of nitrogens with zero attached hydrogens (tertiary/aromatic N) is 1. The first-order chi connectivity index (χ1) is 10.1. The fourth-order valence-corrected chi connectivity index (χ4v) is 2.06. The minimum absolute atomic E-state index is 0.201. The summed E-state index contributed by atoms with van der Waals surface area (Å²) in [7, 11) is 1.70. The zero-order valence-corrected chi connectivity index (χ0v) is 12.1. The zero-order valence-electron chi connectivity index (χ0n) is 12.1. The maximum atomic E-state index is 12.3. The van der Waals surface area contributed by atoms with Crippen LogP contribution in [0.3, 0.4) is 0 Å². The molecule has 0 fully saturated rings. The highest BCUT2D eigenvalue weighted by atomic mass is 16.5. The summed E-state index contributed by atoms with van der Waals surface area (Å²) in [5.74, 6) is 0.568. The normalized spacial score (nSPS) is 10.2. The number of rotatable bonds is 5. The molecular formula is C16H18N2O3. The number of aromatic nitrogens is 1. The number of hydrogen-bond donors (Lipinski definition) is 1. The van der Waals surface area contributed by atoms with Gasteiger partial charge in [-0.1, -0.05) is 18.2 Å². The topological polar surface area (TPSA) is 62.4 Å². The van der Waals surface area contributed by atoms with E-state index in [-0.39, 0.29) is 11.5 Å². The molecule has 5 nitrogen and oxygen atoms in total. The minimum atomic E-state index is -0.288. The van der Waals surface area contributed by atoms with E-state index in [1.165, 1.54) is 12.3 Å². The van der Waals surface area contributed by atoms with Crippen molar-refractivity contribution in [3.05, 3.63) is 64.1 Å². The van der Waals surface area contributed by atoms with Crippen molar-refractivity contribution in [2.24, 2.45) is 0 Å². The van der Waals surface area contributed by atoms with Gasteiger partial charge in [0.15, 0.2) is 0 Å². The first-order valence-corrected chi connectivity index (χ1v) is 6.76. The van der Waals surface area contributed by atoms with Crippen molar-refractivity contribution < 1.29 is 9.53 Å². The van der Waals surface area contributed by atoms with Crippen molar-refractivity contribution in [3.8, 4) is 5.75 Å². The number of pyridine rings is 1. The predicted octanol–water partition coefficient (Wildman–Crippen LogP) is 2.05. The fraction of sp³-hybridized carbons (Fsp3) is 0.250. The van der Waals surface area contributed by atoms with E-state index in [2.05, 4.69) is 4.98 Å². The Balaban J connectivity index is 2.16. The standard InChI is InChI=1S/C16H18N2O3/c1-3-21-14-7-5-4-6-13(14)11-18(2)16(20)12-8-9-17-15(19)10-12/h4-10H,3,11H2,1-2H3,(H,17,19).